The molecule has 1 aliphatic rings. The summed E-state index contributed by atoms with van der Waals surface area (Å²) < 4.78 is 15.9. The summed E-state index contributed by atoms with van der Waals surface area (Å²) in [6, 6.07) is 23.2. The Morgan fingerprint density at radius 2 is 1.52 bits per heavy atom. The zero-order chi connectivity index (χ0) is 20.2. The fraction of sp³-hybridized carbons (Fsp3) is 0.0833. The van der Waals surface area contributed by atoms with Crippen LogP contribution in [0, 0.1) is 0 Å². The van der Waals surface area contributed by atoms with Crippen molar-refractivity contribution in [2.75, 3.05) is 14.2 Å². The minimum atomic E-state index is -0.495. The lowest BCUT2D eigenvalue weighted by Gasteiger charge is -2.07. The third kappa shape index (κ3) is 3.89. The van der Waals surface area contributed by atoms with E-state index >= 15 is 0 Å². The average Bonchev–Trinajstić information content (AvgIpc) is 3.15. The Hall–Kier alpha value is -3.86. The maximum absolute atomic E-state index is 12.3. The standard InChI is InChI=1S/C24H19NO4/c1-27-20-13-12-19(22(15-20)28-2)14-21-24(26)29-23(25-21)18-10-8-17(9-11-18)16-6-4-3-5-7-16/h3-15H,1-2H3/b21-14-. The first-order chi connectivity index (χ1) is 14.2. The van der Waals surface area contributed by atoms with E-state index in [-0.39, 0.29) is 11.6 Å². The van der Waals surface area contributed by atoms with Crippen molar-refractivity contribution in [2.24, 2.45) is 4.99 Å². The zero-order valence-corrected chi connectivity index (χ0v) is 16.1. The number of carbonyl (C=O) groups excluding carboxylic acids is 1. The molecule has 1 heterocycles. The number of esters is 1. The predicted octanol–water partition coefficient (Wildman–Crippen LogP) is 4.72. The minimum Gasteiger partial charge on any atom is -0.497 e. The van der Waals surface area contributed by atoms with Crippen LogP contribution in [0.25, 0.3) is 17.2 Å². The number of hydrogen-bond donors (Lipinski definition) is 0. The molecule has 0 atom stereocenters. The van der Waals surface area contributed by atoms with Gasteiger partial charge < -0.3 is 14.2 Å². The molecule has 0 radical (unpaired) electrons. The van der Waals surface area contributed by atoms with Crippen molar-refractivity contribution < 1.29 is 19.0 Å². The van der Waals surface area contributed by atoms with Crippen LogP contribution in [-0.2, 0) is 9.53 Å². The van der Waals surface area contributed by atoms with Gasteiger partial charge in [-0.05, 0) is 41.5 Å². The molecule has 5 nitrogen and oxygen atoms in total. The molecular weight excluding hydrogens is 366 g/mol. The Kier molecular flexibility index (Phi) is 5.12. The number of cyclic esters (lactones) is 1. The third-order valence-electron chi connectivity index (χ3n) is 4.59. The van der Waals surface area contributed by atoms with Gasteiger partial charge in [-0.15, -0.1) is 0 Å². The monoisotopic (exact) mass is 385 g/mol. The summed E-state index contributed by atoms with van der Waals surface area (Å²) in [6.45, 7) is 0. The highest BCUT2D eigenvalue weighted by molar-refractivity contribution is 6.13. The van der Waals surface area contributed by atoms with Crippen molar-refractivity contribution >= 4 is 17.9 Å². The van der Waals surface area contributed by atoms with Crippen LogP contribution in [0.3, 0.4) is 0 Å². The second-order valence-electron chi connectivity index (χ2n) is 6.39. The summed E-state index contributed by atoms with van der Waals surface area (Å²) in [5.41, 5.74) is 3.87. The van der Waals surface area contributed by atoms with E-state index in [2.05, 4.69) is 4.99 Å². The Morgan fingerprint density at radius 3 is 2.21 bits per heavy atom. The van der Waals surface area contributed by atoms with Crippen molar-refractivity contribution in [3.05, 3.63) is 89.6 Å². The van der Waals surface area contributed by atoms with Gasteiger partial charge in [0.1, 0.15) is 11.5 Å². The number of ether oxygens (including phenoxy) is 3. The van der Waals surface area contributed by atoms with Gasteiger partial charge in [0.25, 0.3) is 0 Å². The number of methoxy groups -OCH3 is 2. The number of rotatable bonds is 5. The molecule has 4 rings (SSSR count). The molecular formula is C24H19NO4. The number of benzene rings is 3. The zero-order valence-electron chi connectivity index (χ0n) is 16.1. The SMILES string of the molecule is COc1ccc(/C=C2\N=C(c3ccc(-c4ccccc4)cc3)OC2=O)c(OC)c1. The highest BCUT2D eigenvalue weighted by Gasteiger charge is 2.24. The summed E-state index contributed by atoms with van der Waals surface area (Å²) in [6.07, 6.45) is 1.64. The van der Waals surface area contributed by atoms with Crippen LogP contribution in [0.5, 0.6) is 11.5 Å². The molecule has 0 saturated carbocycles. The molecule has 0 bridgehead atoms. The first-order valence-electron chi connectivity index (χ1n) is 9.08. The Morgan fingerprint density at radius 1 is 0.828 bits per heavy atom. The molecule has 0 aromatic heterocycles. The minimum absolute atomic E-state index is 0.218. The molecule has 0 saturated heterocycles. The molecule has 144 valence electrons. The summed E-state index contributed by atoms with van der Waals surface area (Å²) in [5.74, 6) is 1.04. The molecule has 5 heteroatoms. The molecule has 3 aromatic carbocycles. The van der Waals surface area contributed by atoms with Gasteiger partial charge in [-0.25, -0.2) is 9.79 Å². The van der Waals surface area contributed by atoms with Crippen molar-refractivity contribution in [3.63, 3.8) is 0 Å². The van der Waals surface area contributed by atoms with E-state index in [1.807, 2.05) is 54.6 Å². The number of aliphatic imine (C=N–C) groups is 1. The van der Waals surface area contributed by atoms with E-state index < -0.39 is 5.97 Å². The molecule has 1 aliphatic heterocycles. The topological polar surface area (TPSA) is 57.1 Å². The van der Waals surface area contributed by atoms with Crippen molar-refractivity contribution in [1.29, 1.82) is 0 Å². The highest BCUT2D eigenvalue weighted by atomic mass is 16.6. The quantitative estimate of drug-likeness (QED) is 0.471. The average molecular weight is 385 g/mol. The molecule has 0 spiro atoms. The van der Waals surface area contributed by atoms with Gasteiger partial charge in [0.2, 0.25) is 5.90 Å². The summed E-state index contributed by atoms with van der Waals surface area (Å²) in [4.78, 5) is 16.7. The van der Waals surface area contributed by atoms with E-state index in [0.717, 1.165) is 16.7 Å². The van der Waals surface area contributed by atoms with Crippen molar-refractivity contribution in [3.8, 4) is 22.6 Å². The Bertz CT molecular complexity index is 1100. The summed E-state index contributed by atoms with van der Waals surface area (Å²) in [7, 11) is 3.15. The van der Waals surface area contributed by atoms with Gasteiger partial charge in [-0.3, -0.25) is 0 Å². The third-order valence-corrected chi connectivity index (χ3v) is 4.59. The van der Waals surface area contributed by atoms with Gasteiger partial charge in [0, 0.05) is 17.2 Å². The fourth-order valence-corrected chi connectivity index (χ4v) is 3.05. The fourth-order valence-electron chi connectivity index (χ4n) is 3.05. The van der Waals surface area contributed by atoms with Gasteiger partial charge in [0.05, 0.1) is 14.2 Å². The van der Waals surface area contributed by atoms with Crippen LogP contribution in [0.2, 0.25) is 0 Å². The lowest BCUT2D eigenvalue weighted by molar-refractivity contribution is -0.129. The van der Waals surface area contributed by atoms with Crippen LogP contribution < -0.4 is 9.47 Å². The second kappa shape index (κ2) is 8.02. The summed E-state index contributed by atoms with van der Waals surface area (Å²) in [5, 5.41) is 0. The van der Waals surface area contributed by atoms with Gasteiger partial charge in [-0.2, -0.15) is 0 Å². The van der Waals surface area contributed by atoms with Crippen LogP contribution in [0.4, 0.5) is 0 Å². The molecule has 0 fully saturated rings. The van der Waals surface area contributed by atoms with E-state index in [0.29, 0.717) is 17.1 Å². The van der Waals surface area contributed by atoms with E-state index in [1.54, 1.807) is 38.5 Å². The smallest absolute Gasteiger partial charge is 0.363 e. The Labute approximate surface area is 168 Å². The van der Waals surface area contributed by atoms with Gasteiger partial charge in [0.15, 0.2) is 5.70 Å². The lowest BCUT2D eigenvalue weighted by atomic mass is 10.0. The molecule has 0 aliphatic carbocycles. The Balaban J connectivity index is 1.62. The first kappa shape index (κ1) is 18.5. The van der Waals surface area contributed by atoms with Gasteiger partial charge in [-0.1, -0.05) is 42.5 Å². The van der Waals surface area contributed by atoms with E-state index in [9.17, 15) is 4.79 Å². The summed E-state index contributed by atoms with van der Waals surface area (Å²) >= 11 is 0. The molecule has 0 unspecified atom stereocenters. The largest absolute Gasteiger partial charge is 0.497 e. The maximum Gasteiger partial charge on any atom is 0.363 e. The van der Waals surface area contributed by atoms with Crippen LogP contribution in [0.1, 0.15) is 11.1 Å². The predicted molar refractivity (Wildman–Crippen MR) is 112 cm³/mol. The highest BCUT2D eigenvalue weighted by Crippen LogP contribution is 2.28. The molecule has 3 aromatic rings. The molecule has 29 heavy (non-hydrogen) atoms. The number of carbonyl (C=O) groups is 1. The maximum atomic E-state index is 12.3. The van der Waals surface area contributed by atoms with Crippen LogP contribution in [-0.4, -0.2) is 26.1 Å². The lowest BCUT2D eigenvalue weighted by Crippen LogP contribution is -2.05. The number of hydrogen-bond acceptors (Lipinski definition) is 5. The van der Waals surface area contributed by atoms with Crippen LogP contribution in [0.15, 0.2) is 83.5 Å². The van der Waals surface area contributed by atoms with Crippen molar-refractivity contribution in [2.45, 2.75) is 0 Å². The second-order valence-corrected chi connectivity index (χ2v) is 6.39. The van der Waals surface area contributed by atoms with Crippen LogP contribution >= 0.6 is 0 Å². The van der Waals surface area contributed by atoms with E-state index in [1.165, 1.54) is 0 Å². The first-order valence-corrected chi connectivity index (χ1v) is 9.08. The normalized spacial score (nSPS) is 14.5. The van der Waals surface area contributed by atoms with Crippen molar-refractivity contribution in [1.82, 2.24) is 0 Å². The molecule has 0 N–H and O–H groups in total. The van der Waals surface area contributed by atoms with Gasteiger partial charge >= 0.3 is 5.97 Å². The molecule has 0 amide bonds. The number of nitrogens with zero attached hydrogens (tertiary/aromatic N) is 1. The van der Waals surface area contributed by atoms with E-state index in [4.69, 9.17) is 14.2 Å².